The molecule has 15 heavy (non-hydrogen) atoms. The van der Waals surface area contributed by atoms with Gasteiger partial charge >= 0.3 is 5.97 Å². The molecule has 0 N–H and O–H groups in total. The molecule has 0 atom stereocenters. The van der Waals surface area contributed by atoms with E-state index in [0.29, 0.717) is 10.9 Å². The quantitative estimate of drug-likeness (QED) is 0.626. The van der Waals surface area contributed by atoms with E-state index in [1.807, 2.05) is 6.92 Å². The lowest BCUT2D eigenvalue weighted by molar-refractivity contribution is -0.139. The Morgan fingerprint density at radius 2 is 2.07 bits per heavy atom. The van der Waals surface area contributed by atoms with E-state index in [0.717, 1.165) is 11.1 Å². The number of carbonyl (C=O) groups is 1. The summed E-state index contributed by atoms with van der Waals surface area (Å²) < 4.78 is 17.7. The van der Waals surface area contributed by atoms with Gasteiger partial charge in [0.2, 0.25) is 0 Å². The van der Waals surface area contributed by atoms with Gasteiger partial charge in [0.15, 0.2) is 0 Å². The van der Waals surface area contributed by atoms with E-state index in [-0.39, 0.29) is 18.2 Å². The van der Waals surface area contributed by atoms with Crippen molar-refractivity contribution >= 4 is 21.9 Å². The largest absolute Gasteiger partial charge is 0.469 e. The number of alkyl halides is 1. The zero-order valence-corrected chi connectivity index (χ0v) is 10.2. The standard InChI is InChI=1S/C11H12BrFO2/c1-7-8(5-11(14)15-2)3-10(13)4-9(7)6-12/h3-4H,5-6H2,1-2H3. The van der Waals surface area contributed by atoms with Gasteiger partial charge in [-0.3, -0.25) is 4.79 Å². The van der Waals surface area contributed by atoms with Crippen LogP contribution in [-0.4, -0.2) is 13.1 Å². The zero-order chi connectivity index (χ0) is 11.4. The van der Waals surface area contributed by atoms with Crippen LogP contribution < -0.4 is 0 Å². The van der Waals surface area contributed by atoms with Crippen molar-refractivity contribution in [3.63, 3.8) is 0 Å². The molecular weight excluding hydrogens is 263 g/mol. The summed E-state index contributed by atoms with van der Waals surface area (Å²) in [4.78, 5) is 11.1. The molecule has 2 nitrogen and oxygen atoms in total. The molecule has 0 heterocycles. The first-order valence-corrected chi connectivity index (χ1v) is 5.61. The number of ether oxygens (including phenoxy) is 1. The molecule has 0 radical (unpaired) electrons. The molecule has 0 aliphatic heterocycles. The van der Waals surface area contributed by atoms with E-state index in [2.05, 4.69) is 20.7 Å². The molecule has 1 aromatic carbocycles. The predicted molar refractivity (Wildman–Crippen MR) is 59.5 cm³/mol. The van der Waals surface area contributed by atoms with Crippen LogP contribution in [0.2, 0.25) is 0 Å². The topological polar surface area (TPSA) is 26.3 Å². The summed E-state index contributed by atoms with van der Waals surface area (Å²) in [5.41, 5.74) is 2.46. The van der Waals surface area contributed by atoms with Gasteiger partial charge in [0.1, 0.15) is 5.82 Å². The summed E-state index contributed by atoms with van der Waals surface area (Å²) in [6.45, 7) is 1.87. The van der Waals surface area contributed by atoms with Crippen molar-refractivity contribution in [3.05, 3.63) is 34.6 Å². The molecular formula is C11H12BrFO2. The average Bonchev–Trinajstić information content (AvgIpc) is 2.22. The third-order valence-electron chi connectivity index (χ3n) is 2.29. The first-order valence-electron chi connectivity index (χ1n) is 4.49. The molecule has 1 rings (SSSR count). The molecule has 0 aromatic heterocycles. The van der Waals surface area contributed by atoms with Gasteiger partial charge in [0.05, 0.1) is 13.5 Å². The maximum absolute atomic E-state index is 13.2. The van der Waals surface area contributed by atoms with Gasteiger partial charge in [-0.25, -0.2) is 4.39 Å². The van der Waals surface area contributed by atoms with Crippen LogP contribution in [0.25, 0.3) is 0 Å². The first-order chi connectivity index (χ1) is 7.08. The van der Waals surface area contributed by atoms with Crippen LogP contribution in [0.15, 0.2) is 12.1 Å². The number of halogens is 2. The number of benzene rings is 1. The SMILES string of the molecule is COC(=O)Cc1cc(F)cc(CBr)c1C. The smallest absolute Gasteiger partial charge is 0.309 e. The Labute approximate surface area is 96.6 Å². The van der Waals surface area contributed by atoms with E-state index in [4.69, 9.17) is 0 Å². The minimum absolute atomic E-state index is 0.111. The Morgan fingerprint density at radius 1 is 1.47 bits per heavy atom. The third-order valence-corrected chi connectivity index (χ3v) is 2.90. The van der Waals surface area contributed by atoms with Crippen LogP contribution in [0.3, 0.4) is 0 Å². The zero-order valence-electron chi connectivity index (χ0n) is 8.64. The highest BCUT2D eigenvalue weighted by Gasteiger charge is 2.10. The Bertz CT molecular complexity index is 377. The molecule has 0 unspecified atom stereocenters. The second kappa shape index (κ2) is 5.26. The minimum atomic E-state index is -0.357. The highest BCUT2D eigenvalue weighted by molar-refractivity contribution is 9.08. The third kappa shape index (κ3) is 3.02. The van der Waals surface area contributed by atoms with E-state index in [9.17, 15) is 9.18 Å². The second-order valence-corrected chi connectivity index (χ2v) is 3.80. The number of hydrogen-bond acceptors (Lipinski definition) is 2. The molecule has 1 aromatic rings. The van der Waals surface area contributed by atoms with Crippen LogP contribution >= 0.6 is 15.9 Å². The van der Waals surface area contributed by atoms with E-state index < -0.39 is 0 Å². The fourth-order valence-electron chi connectivity index (χ4n) is 1.35. The van der Waals surface area contributed by atoms with E-state index in [1.54, 1.807) is 0 Å². The lowest BCUT2D eigenvalue weighted by atomic mass is 10.0. The Hall–Kier alpha value is -0.900. The van der Waals surface area contributed by atoms with E-state index in [1.165, 1.54) is 19.2 Å². The van der Waals surface area contributed by atoms with Gasteiger partial charge in [-0.2, -0.15) is 0 Å². The highest BCUT2D eigenvalue weighted by Crippen LogP contribution is 2.19. The highest BCUT2D eigenvalue weighted by atomic mass is 79.9. The van der Waals surface area contributed by atoms with Gasteiger partial charge < -0.3 is 4.74 Å². The summed E-state index contributed by atoms with van der Waals surface area (Å²) in [5, 5.41) is 0.574. The summed E-state index contributed by atoms with van der Waals surface area (Å²) >= 11 is 3.28. The molecule has 0 bridgehead atoms. The molecule has 0 saturated heterocycles. The molecule has 0 aliphatic rings. The molecule has 0 spiro atoms. The van der Waals surface area contributed by atoms with Gasteiger partial charge in [0, 0.05) is 5.33 Å². The number of hydrogen-bond donors (Lipinski definition) is 0. The maximum atomic E-state index is 13.2. The van der Waals surface area contributed by atoms with Crippen molar-refractivity contribution < 1.29 is 13.9 Å². The van der Waals surface area contributed by atoms with Crippen molar-refractivity contribution in [3.8, 4) is 0 Å². The van der Waals surface area contributed by atoms with Crippen LogP contribution in [0.5, 0.6) is 0 Å². The van der Waals surface area contributed by atoms with Crippen molar-refractivity contribution in [2.45, 2.75) is 18.7 Å². The molecule has 82 valence electrons. The first kappa shape index (κ1) is 12.2. The van der Waals surface area contributed by atoms with Crippen molar-refractivity contribution in [1.29, 1.82) is 0 Å². The Kier molecular flexibility index (Phi) is 4.27. The van der Waals surface area contributed by atoms with Crippen molar-refractivity contribution in [2.24, 2.45) is 0 Å². The molecule has 4 heteroatoms. The lowest BCUT2D eigenvalue weighted by Gasteiger charge is -2.09. The van der Waals surface area contributed by atoms with Gasteiger partial charge in [-0.15, -0.1) is 0 Å². The number of carbonyl (C=O) groups excluding carboxylic acids is 1. The van der Waals surface area contributed by atoms with Crippen LogP contribution in [0.1, 0.15) is 16.7 Å². The summed E-state index contributed by atoms with van der Waals surface area (Å²) in [5.74, 6) is -0.682. The second-order valence-electron chi connectivity index (χ2n) is 3.24. The Balaban J connectivity index is 3.06. The van der Waals surface area contributed by atoms with Gasteiger partial charge in [0.25, 0.3) is 0 Å². The van der Waals surface area contributed by atoms with E-state index >= 15 is 0 Å². The van der Waals surface area contributed by atoms with Gasteiger partial charge in [-0.1, -0.05) is 15.9 Å². The number of esters is 1. The maximum Gasteiger partial charge on any atom is 0.309 e. The van der Waals surface area contributed by atoms with Crippen LogP contribution in [0.4, 0.5) is 4.39 Å². The Morgan fingerprint density at radius 3 is 2.60 bits per heavy atom. The minimum Gasteiger partial charge on any atom is -0.469 e. The van der Waals surface area contributed by atoms with Crippen molar-refractivity contribution in [2.75, 3.05) is 7.11 Å². The predicted octanol–water partition coefficient (Wildman–Crippen LogP) is 2.74. The molecule has 0 aliphatic carbocycles. The van der Waals surface area contributed by atoms with Crippen molar-refractivity contribution in [1.82, 2.24) is 0 Å². The summed E-state index contributed by atoms with van der Waals surface area (Å²) in [6.07, 6.45) is 0.111. The monoisotopic (exact) mass is 274 g/mol. The summed E-state index contributed by atoms with van der Waals surface area (Å²) in [6, 6.07) is 2.84. The van der Waals surface area contributed by atoms with Gasteiger partial charge in [-0.05, 0) is 35.7 Å². The normalized spacial score (nSPS) is 10.1. The fraction of sp³-hybridized carbons (Fsp3) is 0.364. The molecule has 0 amide bonds. The molecule has 0 saturated carbocycles. The van der Waals surface area contributed by atoms with Crippen LogP contribution in [-0.2, 0) is 21.3 Å². The number of methoxy groups -OCH3 is 1. The molecule has 0 fully saturated rings. The number of rotatable bonds is 3. The van der Waals surface area contributed by atoms with Crippen LogP contribution in [0, 0.1) is 12.7 Å². The summed E-state index contributed by atoms with van der Waals surface area (Å²) in [7, 11) is 1.32. The lowest BCUT2D eigenvalue weighted by Crippen LogP contribution is -2.07. The fourth-order valence-corrected chi connectivity index (χ4v) is 1.93. The average molecular weight is 275 g/mol.